The van der Waals surface area contributed by atoms with E-state index in [9.17, 15) is 13.7 Å². The van der Waals surface area contributed by atoms with Gasteiger partial charge in [-0.15, -0.1) is 0 Å². The van der Waals surface area contributed by atoms with E-state index in [-0.39, 0.29) is 12.4 Å². The fourth-order valence-electron chi connectivity index (χ4n) is 3.85. The lowest BCUT2D eigenvalue weighted by Crippen LogP contribution is -3.05. The molecule has 184 valence electrons. The highest BCUT2D eigenvalue weighted by atomic mass is 35.5. The zero-order chi connectivity index (χ0) is 23.2. The molecule has 0 aromatic carbocycles. The van der Waals surface area contributed by atoms with Gasteiger partial charge in [-0.05, 0) is 63.5 Å². The number of hydrogen-bond donors (Lipinski definition) is 1. The first-order valence-corrected chi connectivity index (χ1v) is 21.6. The van der Waals surface area contributed by atoms with Crippen molar-refractivity contribution in [3.63, 3.8) is 0 Å². The molecule has 0 atom stereocenters. The maximum atomic E-state index is 12.5. The molecule has 0 aromatic rings. The number of halogens is 1. The highest BCUT2D eigenvalue weighted by molar-refractivity contribution is 6.94. The quantitative estimate of drug-likeness (QED) is 0.203. The Morgan fingerprint density at radius 1 is 0.839 bits per heavy atom. The molecule has 0 aliphatic heterocycles. The molecule has 0 heterocycles. The summed E-state index contributed by atoms with van der Waals surface area (Å²) in [4.78, 5) is 13.7. The van der Waals surface area contributed by atoms with Crippen molar-refractivity contribution in [2.24, 2.45) is 0 Å². The summed E-state index contributed by atoms with van der Waals surface area (Å²) in [6.45, 7) is 11.7. The Morgan fingerprint density at radius 3 is 1.74 bits per heavy atom. The summed E-state index contributed by atoms with van der Waals surface area (Å²) < 4.78 is 31.8. The topological polar surface area (TPSA) is 64.9 Å². The van der Waals surface area contributed by atoms with Crippen molar-refractivity contribution in [1.29, 1.82) is 0 Å². The zero-order valence-electron chi connectivity index (χ0n) is 21.2. The number of ketones is 1. The molecule has 0 unspecified atom stereocenters. The Bertz CT molecular complexity index is 524. The number of nitrogens with one attached hydrogen (secondary N) is 1. The van der Waals surface area contributed by atoms with Gasteiger partial charge in [0.05, 0.1) is 20.6 Å². The molecule has 5 nitrogen and oxygen atoms in total. The van der Waals surface area contributed by atoms with Crippen LogP contribution in [0.1, 0.15) is 58.8 Å². The van der Waals surface area contributed by atoms with E-state index >= 15 is 0 Å². The second kappa shape index (κ2) is 17.8. The summed E-state index contributed by atoms with van der Waals surface area (Å²) >= 11 is 0. The molecule has 0 spiro atoms. The van der Waals surface area contributed by atoms with Crippen molar-refractivity contribution in [3.8, 4) is 0 Å². The summed E-state index contributed by atoms with van der Waals surface area (Å²) in [6.07, 6.45) is 6.47. The minimum Gasteiger partial charge on any atom is -1.00 e. The molecule has 0 saturated heterocycles. The second-order valence-electron chi connectivity index (χ2n) is 10.0. The Hall–Kier alpha value is 0.348. The number of carbonyl (C=O) groups is 1. The molecule has 0 aliphatic carbocycles. The van der Waals surface area contributed by atoms with Gasteiger partial charge >= 0.3 is 0 Å². The number of hydrogen-bond acceptors (Lipinski definition) is 4. The summed E-state index contributed by atoms with van der Waals surface area (Å²) in [5, 5.41) is 0. The monoisotopic (exact) mass is 525 g/mol. The summed E-state index contributed by atoms with van der Waals surface area (Å²) in [5.74, 6) is 0.370. The van der Waals surface area contributed by atoms with Gasteiger partial charge in [0, 0.05) is 24.2 Å². The summed E-state index contributed by atoms with van der Waals surface area (Å²) in [7, 11) is -3.14. The van der Waals surface area contributed by atoms with Gasteiger partial charge in [0.15, 0.2) is 16.6 Å². The van der Waals surface area contributed by atoms with E-state index in [2.05, 4.69) is 33.7 Å². The van der Waals surface area contributed by atoms with Crippen LogP contribution in [0.5, 0.6) is 0 Å². The minimum atomic E-state index is -2.30. The zero-order valence-corrected chi connectivity index (χ0v) is 26.0. The first-order chi connectivity index (χ1) is 13.9. The van der Waals surface area contributed by atoms with Crippen molar-refractivity contribution in [3.05, 3.63) is 0 Å². The molecule has 0 radical (unpaired) electrons. The van der Waals surface area contributed by atoms with Crippen molar-refractivity contribution in [2.45, 2.75) is 108 Å². The fraction of sp³-hybridized carbons (Fsp3) is 0.952. The lowest BCUT2D eigenvalue weighted by Gasteiger charge is -2.37. The highest BCUT2D eigenvalue weighted by Gasteiger charge is 2.42. The molecule has 0 rings (SSSR count). The van der Waals surface area contributed by atoms with E-state index in [1.54, 1.807) is 0 Å². The molecule has 1 N–H and O–H groups in total. The highest BCUT2D eigenvalue weighted by Crippen LogP contribution is 2.30. The van der Waals surface area contributed by atoms with E-state index < -0.39 is 34.0 Å². The maximum Gasteiger partial charge on any atom is 0.275 e. The second-order valence-corrected chi connectivity index (χ2v) is 24.4. The lowest BCUT2D eigenvalue weighted by molar-refractivity contribution is -0.858. The molecule has 0 aromatic heterocycles. The molecular formula is C21H48ClNO4Si4. The van der Waals surface area contributed by atoms with E-state index in [1.165, 1.54) is 17.9 Å². The molecule has 0 aliphatic rings. The molecular weight excluding hydrogens is 478 g/mol. The normalized spacial score (nSPS) is 12.0. The lowest BCUT2D eigenvalue weighted by atomic mass is 10.1. The van der Waals surface area contributed by atoms with Gasteiger partial charge in [-0.3, -0.25) is 4.79 Å². The van der Waals surface area contributed by atoms with Gasteiger partial charge in [-0.2, -0.15) is 0 Å². The first kappa shape index (κ1) is 33.5. The van der Waals surface area contributed by atoms with Gasteiger partial charge in [0.25, 0.3) is 17.4 Å². The van der Waals surface area contributed by atoms with Crippen LogP contribution in [0.3, 0.4) is 0 Å². The number of quaternary nitrogens is 1. The van der Waals surface area contributed by atoms with Crippen LogP contribution in [0, 0.1) is 0 Å². The third kappa shape index (κ3) is 18.5. The molecule has 0 fully saturated rings. The van der Waals surface area contributed by atoms with E-state index in [4.69, 9.17) is 4.12 Å². The van der Waals surface area contributed by atoms with Crippen molar-refractivity contribution in [2.75, 3.05) is 20.6 Å². The predicted molar refractivity (Wildman–Crippen MR) is 133 cm³/mol. The van der Waals surface area contributed by atoms with Crippen LogP contribution in [0.2, 0.25) is 49.1 Å². The third-order valence-corrected chi connectivity index (χ3v) is 20.7. The number of rotatable bonds is 19. The SMILES string of the molecule is CC[Si](=O)C[Si](CCCCC(=O)CCCCC[NH+](C)C)(C[Si](=O)CC)O[Si](C)(C)C.[Cl-]. The van der Waals surface area contributed by atoms with Gasteiger partial charge in [-0.1, -0.05) is 20.3 Å². The van der Waals surface area contributed by atoms with Crippen LogP contribution < -0.4 is 17.3 Å². The predicted octanol–water partition coefficient (Wildman–Crippen LogP) is 1.19. The largest absolute Gasteiger partial charge is 1.00 e. The van der Waals surface area contributed by atoms with Crippen molar-refractivity contribution < 1.29 is 35.1 Å². The van der Waals surface area contributed by atoms with E-state index in [1.807, 2.05) is 13.8 Å². The van der Waals surface area contributed by atoms with Gasteiger partial charge in [0.2, 0.25) is 0 Å². The van der Waals surface area contributed by atoms with Crippen LogP contribution in [-0.2, 0) is 17.8 Å². The van der Waals surface area contributed by atoms with E-state index in [0.717, 1.165) is 31.7 Å². The Balaban J connectivity index is 0. The smallest absolute Gasteiger partial charge is 0.275 e. The van der Waals surface area contributed by atoms with Crippen LogP contribution in [0.4, 0.5) is 0 Å². The first-order valence-electron chi connectivity index (χ1n) is 12.0. The van der Waals surface area contributed by atoms with Crippen molar-refractivity contribution >= 4 is 39.8 Å². The van der Waals surface area contributed by atoms with E-state index in [0.29, 0.717) is 42.0 Å². The number of unbranched alkanes of at least 4 members (excludes halogenated alkanes) is 3. The molecule has 0 amide bonds. The van der Waals surface area contributed by atoms with Gasteiger partial charge in [0.1, 0.15) is 5.78 Å². The molecule has 0 saturated carbocycles. The number of carbonyl (C=O) groups excluding carboxylic acids is 1. The Kier molecular flexibility index (Phi) is 19.2. The van der Waals surface area contributed by atoms with Crippen LogP contribution >= 0.6 is 0 Å². The fourth-order valence-corrected chi connectivity index (χ4v) is 23.0. The van der Waals surface area contributed by atoms with Gasteiger partial charge < -0.3 is 30.3 Å². The van der Waals surface area contributed by atoms with Crippen LogP contribution in [0.25, 0.3) is 0 Å². The number of Topliss-reactive ketones (excluding diaryl/α,β-unsaturated/α-hetero) is 1. The summed E-state index contributed by atoms with van der Waals surface area (Å²) in [6, 6.07) is 2.31. The van der Waals surface area contributed by atoms with Gasteiger partial charge in [-0.25, -0.2) is 0 Å². The molecule has 10 heteroatoms. The standard InChI is InChI=1S/C21H47NO4Si4.ClH/c1-8-27(24)19-30(20-28(25)9-2,26-29(5,6)7)18-14-12-16-21(23)15-11-10-13-17-22(3)4;/h8-20H2,1-7H3;1H. The molecule has 31 heavy (non-hydrogen) atoms. The minimum absolute atomic E-state index is 0. The third-order valence-electron chi connectivity index (χ3n) is 5.32. The average Bonchev–Trinajstić information content (AvgIpc) is 2.63. The Morgan fingerprint density at radius 2 is 1.32 bits per heavy atom. The maximum absolute atomic E-state index is 12.5. The van der Waals surface area contributed by atoms with Crippen LogP contribution in [-0.4, -0.2) is 60.4 Å². The summed E-state index contributed by atoms with van der Waals surface area (Å²) in [5.41, 5.74) is 1.35. The van der Waals surface area contributed by atoms with Crippen molar-refractivity contribution in [1.82, 2.24) is 0 Å². The average molecular weight is 526 g/mol. The molecule has 0 bridgehead atoms. The Labute approximate surface area is 203 Å². The van der Waals surface area contributed by atoms with Crippen LogP contribution in [0.15, 0.2) is 0 Å².